The lowest BCUT2D eigenvalue weighted by molar-refractivity contribution is 0.628. The lowest BCUT2D eigenvalue weighted by atomic mass is 10.3. The van der Waals surface area contributed by atoms with Crippen molar-refractivity contribution in [2.24, 2.45) is 0 Å². The number of anilines is 3. The predicted molar refractivity (Wildman–Crippen MR) is 68.4 cm³/mol. The minimum Gasteiger partial charge on any atom is -0.384 e. The first-order valence-electron chi connectivity index (χ1n) is 4.69. The summed E-state index contributed by atoms with van der Waals surface area (Å²) in [6.45, 7) is 0. The number of halogens is 3. The zero-order valence-corrected chi connectivity index (χ0v) is 10.1. The zero-order chi connectivity index (χ0) is 12.4. The van der Waals surface area contributed by atoms with E-state index in [2.05, 4.69) is 10.3 Å². The van der Waals surface area contributed by atoms with Crippen LogP contribution < -0.4 is 11.1 Å². The van der Waals surface area contributed by atoms with E-state index >= 15 is 0 Å². The van der Waals surface area contributed by atoms with Gasteiger partial charge >= 0.3 is 0 Å². The number of nitrogen functional groups attached to an aromatic ring is 1. The van der Waals surface area contributed by atoms with E-state index in [1.807, 2.05) is 0 Å². The number of nitrogens with zero attached hydrogens (tertiary/aromatic N) is 1. The van der Waals surface area contributed by atoms with Crippen LogP contribution in [0.3, 0.4) is 0 Å². The van der Waals surface area contributed by atoms with E-state index < -0.39 is 5.82 Å². The van der Waals surface area contributed by atoms with Crippen LogP contribution in [-0.2, 0) is 0 Å². The molecule has 0 aliphatic carbocycles. The standard InChI is InChI=1S/C11H8Cl2FN3/c12-8-3-6(14)4-9(13)11(8)17-7-1-2-10(15)16-5-7/h1-5,17H,(H2,15,16). The maximum absolute atomic E-state index is 13.0. The van der Waals surface area contributed by atoms with Gasteiger partial charge in [-0.3, -0.25) is 0 Å². The highest BCUT2D eigenvalue weighted by molar-refractivity contribution is 6.39. The minimum absolute atomic E-state index is 0.201. The van der Waals surface area contributed by atoms with Crippen molar-refractivity contribution >= 4 is 40.4 Å². The van der Waals surface area contributed by atoms with Crippen molar-refractivity contribution in [1.29, 1.82) is 0 Å². The maximum Gasteiger partial charge on any atom is 0.126 e. The summed E-state index contributed by atoms with van der Waals surface area (Å²) in [6.07, 6.45) is 1.53. The summed E-state index contributed by atoms with van der Waals surface area (Å²) < 4.78 is 13.0. The van der Waals surface area contributed by atoms with Gasteiger partial charge in [0.05, 0.1) is 27.6 Å². The summed E-state index contributed by atoms with van der Waals surface area (Å²) in [7, 11) is 0. The number of nitrogens with one attached hydrogen (secondary N) is 1. The van der Waals surface area contributed by atoms with Gasteiger partial charge in [0.1, 0.15) is 11.6 Å². The van der Waals surface area contributed by atoms with Gasteiger partial charge in [-0.25, -0.2) is 9.37 Å². The molecule has 0 saturated carbocycles. The molecule has 3 N–H and O–H groups in total. The number of hydrogen-bond acceptors (Lipinski definition) is 3. The molecule has 88 valence electrons. The molecule has 0 saturated heterocycles. The van der Waals surface area contributed by atoms with Crippen LogP contribution in [0, 0.1) is 5.82 Å². The molecule has 1 heterocycles. The molecule has 1 aromatic heterocycles. The van der Waals surface area contributed by atoms with Gasteiger partial charge in [-0.05, 0) is 24.3 Å². The number of rotatable bonds is 2. The SMILES string of the molecule is Nc1ccc(Nc2c(Cl)cc(F)cc2Cl)cn1. The molecule has 0 radical (unpaired) electrons. The van der Waals surface area contributed by atoms with Gasteiger partial charge in [0.2, 0.25) is 0 Å². The number of nitrogens with two attached hydrogens (primary N) is 1. The Kier molecular flexibility index (Phi) is 3.36. The normalized spacial score (nSPS) is 10.3. The molecule has 6 heteroatoms. The summed E-state index contributed by atoms with van der Waals surface area (Å²) in [4.78, 5) is 3.91. The van der Waals surface area contributed by atoms with Gasteiger partial charge in [0, 0.05) is 0 Å². The Morgan fingerprint density at radius 3 is 2.35 bits per heavy atom. The molecule has 0 atom stereocenters. The highest BCUT2D eigenvalue weighted by Crippen LogP contribution is 2.33. The average molecular weight is 272 g/mol. The minimum atomic E-state index is -0.485. The summed E-state index contributed by atoms with van der Waals surface area (Å²) in [5.74, 6) is -0.0761. The molecule has 0 unspecified atom stereocenters. The Labute approximate surface area is 107 Å². The quantitative estimate of drug-likeness (QED) is 0.872. The van der Waals surface area contributed by atoms with Crippen molar-refractivity contribution < 1.29 is 4.39 Å². The van der Waals surface area contributed by atoms with Crippen LogP contribution in [0.5, 0.6) is 0 Å². The molecular weight excluding hydrogens is 264 g/mol. The summed E-state index contributed by atoms with van der Waals surface area (Å²) in [5.41, 5.74) is 6.55. The molecule has 1 aromatic carbocycles. The highest BCUT2D eigenvalue weighted by atomic mass is 35.5. The molecule has 17 heavy (non-hydrogen) atoms. The first kappa shape index (κ1) is 12.0. The van der Waals surface area contributed by atoms with Crippen molar-refractivity contribution in [3.8, 4) is 0 Å². The van der Waals surface area contributed by atoms with Crippen molar-refractivity contribution in [3.63, 3.8) is 0 Å². The Morgan fingerprint density at radius 1 is 1.18 bits per heavy atom. The molecule has 0 amide bonds. The molecule has 0 fully saturated rings. The molecular formula is C11H8Cl2FN3. The summed E-state index contributed by atoms with van der Waals surface area (Å²) in [5, 5.41) is 3.35. The van der Waals surface area contributed by atoms with Gasteiger partial charge in [-0.15, -0.1) is 0 Å². The molecule has 2 aromatic rings. The van der Waals surface area contributed by atoms with E-state index in [0.717, 1.165) is 0 Å². The third-order valence-electron chi connectivity index (χ3n) is 2.06. The van der Waals surface area contributed by atoms with Crippen LogP contribution in [0.25, 0.3) is 0 Å². The third kappa shape index (κ3) is 2.78. The lowest BCUT2D eigenvalue weighted by Crippen LogP contribution is -1.95. The van der Waals surface area contributed by atoms with Crippen molar-refractivity contribution in [3.05, 3.63) is 46.3 Å². The molecule has 0 aliphatic heterocycles. The third-order valence-corrected chi connectivity index (χ3v) is 2.66. The van der Waals surface area contributed by atoms with E-state index in [-0.39, 0.29) is 10.0 Å². The predicted octanol–water partition coefficient (Wildman–Crippen LogP) is 3.85. The highest BCUT2D eigenvalue weighted by Gasteiger charge is 2.08. The van der Waals surface area contributed by atoms with Crippen molar-refractivity contribution in [1.82, 2.24) is 4.98 Å². The Morgan fingerprint density at radius 2 is 1.82 bits per heavy atom. The van der Waals surface area contributed by atoms with Gasteiger partial charge in [-0.1, -0.05) is 23.2 Å². The topological polar surface area (TPSA) is 50.9 Å². The Hall–Kier alpha value is -1.52. The largest absolute Gasteiger partial charge is 0.384 e. The molecule has 3 nitrogen and oxygen atoms in total. The smallest absolute Gasteiger partial charge is 0.126 e. The summed E-state index contributed by atoms with van der Waals surface area (Å²) >= 11 is 11.8. The molecule has 0 aliphatic rings. The monoisotopic (exact) mass is 271 g/mol. The van der Waals surface area contributed by atoms with Gasteiger partial charge in [0.25, 0.3) is 0 Å². The molecule has 0 bridgehead atoms. The van der Waals surface area contributed by atoms with Gasteiger partial charge in [-0.2, -0.15) is 0 Å². The first-order valence-corrected chi connectivity index (χ1v) is 5.45. The van der Waals surface area contributed by atoms with Crippen LogP contribution in [0.4, 0.5) is 21.6 Å². The van der Waals surface area contributed by atoms with Crippen molar-refractivity contribution in [2.45, 2.75) is 0 Å². The van der Waals surface area contributed by atoms with E-state index in [4.69, 9.17) is 28.9 Å². The number of hydrogen-bond donors (Lipinski definition) is 2. The molecule has 0 spiro atoms. The van der Waals surface area contributed by atoms with Crippen LogP contribution in [0.15, 0.2) is 30.5 Å². The Balaban J connectivity index is 2.33. The fourth-order valence-electron chi connectivity index (χ4n) is 1.29. The van der Waals surface area contributed by atoms with Gasteiger partial charge < -0.3 is 11.1 Å². The average Bonchev–Trinajstić information content (AvgIpc) is 2.26. The lowest BCUT2D eigenvalue weighted by Gasteiger charge is -2.10. The fourth-order valence-corrected chi connectivity index (χ4v) is 1.84. The van der Waals surface area contributed by atoms with Gasteiger partial charge in [0.15, 0.2) is 0 Å². The van der Waals surface area contributed by atoms with Crippen LogP contribution in [0.1, 0.15) is 0 Å². The van der Waals surface area contributed by atoms with Crippen LogP contribution in [0.2, 0.25) is 10.0 Å². The maximum atomic E-state index is 13.0. The van der Waals surface area contributed by atoms with Crippen LogP contribution in [-0.4, -0.2) is 4.98 Å². The molecule has 2 rings (SSSR count). The Bertz CT molecular complexity index is 520. The van der Waals surface area contributed by atoms with E-state index in [9.17, 15) is 4.39 Å². The first-order chi connectivity index (χ1) is 8.06. The second-order valence-corrected chi connectivity index (χ2v) is 4.16. The number of aromatic nitrogens is 1. The number of pyridine rings is 1. The van der Waals surface area contributed by atoms with E-state index in [0.29, 0.717) is 17.2 Å². The second-order valence-electron chi connectivity index (χ2n) is 3.34. The van der Waals surface area contributed by atoms with E-state index in [1.54, 1.807) is 12.1 Å². The summed E-state index contributed by atoms with van der Waals surface area (Å²) in [6, 6.07) is 5.72. The van der Waals surface area contributed by atoms with Crippen LogP contribution >= 0.6 is 23.2 Å². The second kappa shape index (κ2) is 4.77. The fraction of sp³-hybridized carbons (Fsp3) is 0. The van der Waals surface area contributed by atoms with E-state index in [1.165, 1.54) is 18.3 Å². The zero-order valence-electron chi connectivity index (χ0n) is 8.55. The van der Waals surface area contributed by atoms with Crippen molar-refractivity contribution in [2.75, 3.05) is 11.1 Å². The number of benzene rings is 1.